The fourth-order valence-electron chi connectivity index (χ4n) is 4.39. The minimum Gasteiger partial charge on any atom is -0.367 e. The van der Waals surface area contributed by atoms with E-state index in [9.17, 15) is 14.0 Å². The number of nitrogens with zero attached hydrogens (tertiary/aromatic N) is 3. The molecule has 0 saturated heterocycles. The smallest absolute Gasteiger partial charge is 0.249 e. The van der Waals surface area contributed by atoms with Gasteiger partial charge in [0.1, 0.15) is 19.0 Å². The first-order valence-electron chi connectivity index (χ1n) is 11.5. The Morgan fingerprint density at radius 2 is 1.85 bits per heavy atom. The average Bonchev–Trinajstić information content (AvgIpc) is 3.31. The lowest BCUT2D eigenvalue weighted by molar-refractivity contribution is -0.146. The Labute approximate surface area is 199 Å². The van der Waals surface area contributed by atoms with E-state index in [1.165, 1.54) is 12.1 Å². The number of carbonyl (C=O) groups is 2. The van der Waals surface area contributed by atoms with E-state index in [2.05, 4.69) is 4.57 Å². The van der Waals surface area contributed by atoms with Crippen LogP contribution in [0.2, 0.25) is 0 Å². The molecule has 178 valence electrons. The summed E-state index contributed by atoms with van der Waals surface area (Å²) < 4.78 is 21.7. The fourth-order valence-corrected chi connectivity index (χ4v) is 4.39. The van der Waals surface area contributed by atoms with Crippen molar-refractivity contribution in [2.45, 2.75) is 39.1 Å². The second-order valence-electron chi connectivity index (χ2n) is 8.76. The van der Waals surface area contributed by atoms with E-state index in [-0.39, 0.29) is 36.8 Å². The van der Waals surface area contributed by atoms with Gasteiger partial charge in [0, 0.05) is 31.0 Å². The van der Waals surface area contributed by atoms with E-state index < -0.39 is 6.04 Å². The molecule has 1 aliphatic rings. The highest BCUT2D eigenvalue weighted by Gasteiger charge is 2.34. The van der Waals surface area contributed by atoms with Gasteiger partial charge < -0.3 is 19.1 Å². The van der Waals surface area contributed by atoms with Crippen LogP contribution in [-0.4, -0.2) is 51.9 Å². The lowest BCUT2D eigenvalue weighted by Crippen LogP contribution is -2.50. The molecule has 0 aliphatic carbocycles. The van der Waals surface area contributed by atoms with Gasteiger partial charge in [0.05, 0.1) is 12.6 Å². The maximum Gasteiger partial charge on any atom is 0.249 e. The van der Waals surface area contributed by atoms with Gasteiger partial charge in [-0.05, 0) is 49.2 Å². The van der Waals surface area contributed by atoms with Gasteiger partial charge in [0.2, 0.25) is 11.8 Å². The summed E-state index contributed by atoms with van der Waals surface area (Å²) in [6, 6.07) is 19.3. The van der Waals surface area contributed by atoms with Crippen LogP contribution in [0.15, 0.2) is 72.9 Å². The molecule has 2 amide bonds. The normalized spacial score (nSPS) is 15.3. The summed E-state index contributed by atoms with van der Waals surface area (Å²) in [5.74, 6) is -0.753. The Hall–Kier alpha value is -3.45. The summed E-state index contributed by atoms with van der Waals surface area (Å²) in [7, 11) is 0. The molecule has 0 radical (unpaired) electrons. The number of hydrogen-bond acceptors (Lipinski definition) is 3. The van der Waals surface area contributed by atoms with Crippen LogP contribution in [0, 0.1) is 5.82 Å². The van der Waals surface area contributed by atoms with Crippen LogP contribution in [0.1, 0.15) is 36.7 Å². The molecule has 1 unspecified atom stereocenters. The first-order chi connectivity index (χ1) is 16.4. The van der Waals surface area contributed by atoms with Crippen molar-refractivity contribution in [2.24, 2.45) is 0 Å². The van der Waals surface area contributed by atoms with Crippen LogP contribution in [0.25, 0.3) is 0 Å². The minimum atomic E-state index is -0.412. The molecule has 4 rings (SSSR count). The van der Waals surface area contributed by atoms with Crippen LogP contribution < -0.4 is 0 Å². The second-order valence-corrected chi connectivity index (χ2v) is 8.76. The monoisotopic (exact) mass is 463 g/mol. The molecule has 0 bridgehead atoms. The van der Waals surface area contributed by atoms with Crippen LogP contribution >= 0.6 is 0 Å². The summed E-state index contributed by atoms with van der Waals surface area (Å²) in [4.78, 5) is 29.7. The number of fused-ring (bicyclic) bond motifs is 1. The van der Waals surface area contributed by atoms with E-state index in [0.717, 1.165) is 11.3 Å². The Balaban J connectivity index is 1.47. The fraction of sp³-hybridized carbons (Fsp3) is 0.333. The SMILES string of the molecule is CC(C)N(CC(=O)N1CCn2cccc2C1c1cccc(F)c1)C(=O)COCc1ccccc1. The molecule has 1 aliphatic heterocycles. The molecule has 2 aromatic carbocycles. The van der Waals surface area contributed by atoms with Crippen molar-refractivity contribution in [3.05, 3.63) is 95.6 Å². The van der Waals surface area contributed by atoms with E-state index in [1.54, 1.807) is 15.9 Å². The summed E-state index contributed by atoms with van der Waals surface area (Å²) in [5, 5.41) is 0. The zero-order chi connectivity index (χ0) is 24.1. The highest BCUT2D eigenvalue weighted by Crippen LogP contribution is 2.33. The number of halogens is 1. The van der Waals surface area contributed by atoms with Gasteiger partial charge in [-0.25, -0.2) is 4.39 Å². The highest BCUT2D eigenvalue weighted by atomic mass is 19.1. The molecule has 6 nitrogen and oxygen atoms in total. The molecule has 0 spiro atoms. The Kier molecular flexibility index (Phi) is 7.43. The third kappa shape index (κ3) is 5.37. The van der Waals surface area contributed by atoms with Gasteiger partial charge in [-0.3, -0.25) is 9.59 Å². The van der Waals surface area contributed by atoms with Gasteiger partial charge in [-0.15, -0.1) is 0 Å². The largest absolute Gasteiger partial charge is 0.367 e. The number of amides is 2. The predicted octanol–water partition coefficient (Wildman–Crippen LogP) is 4.01. The molecule has 0 N–H and O–H groups in total. The number of ether oxygens (including phenoxy) is 1. The molecule has 0 saturated carbocycles. The van der Waals surface area contributed by atoms with Crippen molar-refractivity contribution < 1.29 is 18.7 Å². The molecule has 1 atom stereocenters. The van der Waals surface area contributed by atoms with Crippen LogP contribution in [0.5, 0.6) is 0 Å². The van der Waals surface area contributed by atoms with Crippen molar-refractivity contribution in [1.82, 2.24) is 14.4 Å². The van der Waals surface area contributed by atoms with Crippen molar-refractivity contribution in [1.29, 1.82) is 0 Å². The first-order valence-corrected chi connectivity index (χ1v) is 11.5. The molecule has 3 aromatic rings. The van der Waals surface area contributed by atoms with E-state index in [4.69, 9.17) is 4.74 Å². The summed E-state index contributed by atoms with van der Waals surface area (Å²) in [6.07, 6.45) is 1.97. The zero-order valence-electron chi connectivity index (χ0n) is 19.6. The zero-order valence-corrected chi connectivity index (χ0v) is 19.6. The number of carbonyl (C=O) groups excluding carboxylic acids is 2. The Morgan fingerprint density at radius 1 is 1.06 bits per heavy atom. The lowest BCUT2D eigenvalue weighted by atomic mass is 9.99. The van der Waals surface area contributed by atoms with Crippen LogP contribution in [0.3, 0.4) is 0 Å². The van der Waals surface area contributed by atoms with Crippen molar-refractivity contribution in [2.75, 3.05) is 19.7 Å². The third-order valence-corrected chi connectivity index (χ3v) is 6.11. The van der Waals surface area contributed by atoms with Crippen molar-refractivity contribution in [3.8, 4) is 0 Å². The molecule has 0 fully saturated rings. The summed E-state index contributed by atoms with van der Waals surface area (Å²) >= 11 is 0. The molecule has 1 aromatic heterocycles. The maximum absolute atomic E-state index is 14.0. The number of rotatable bonds is 8. The highest BCUT2D eigenvalue weighted by molar-refractivity contribution is 5.86. The molecular formula is C27H30FN3O3. The number of aromatic nitrogens is 1. The molecule has 7 heteroatoms. The average molecular weight is 464 g/mol. The van der Waals surface area contributed by atoms with Gasteiger partial charge in [0.15, 0.2) is 0 Å². The molecule has 34 heavy (non-hydrogen) atoms. The summed E-state index contributed by atoms with van der Waals surface area (Å²) in [5.41, 5.74) is 2.62. The van der Waals surface area contributed by atoms with Gasteiger partial charge in [-0.2, -0.15) is 0 Å². The van der Waals surface area contributed by atoms with Crippen molar-refractivity contribution in [3.63, 3.8) is 0 Å². The van der Waals surface area contributed by atoms with Gasteiger partial charge in [0.25, 0.3) is 0 Å². The summed E-state index contributed by atoms with van der Waals surface area (Å²) in [6.45, 7) is 5.06. The van der Waals surface area contributed by atoms with Gasteiger partial charge >= 0.3 is 0 Å². The lowest BCUT2D eigenvalue weighted by Gasteiger charge is -2.39. The van der Waals surface area contributed by atoms with E-state index in [0.29, 0.717) is 25.3 Å². The van der Waals surface area contributed by atoms with Crippen LogP contribution in [0.4, 0.5) is 4.39 Å². The quantitative estimate of drug-likeness (QED) is 0.507. The third-order valence-electron chi connectivity index (χ3n) is 6.11. The second kappa shape index (κ2) is 10.7. The molecule has 2 heterocycles. The number of hydrogen-bond donors (Lipinski definition) is 0. The standard InChI is InChI=1S/C27H30FN3O3/c1-20(2)31(26(33)19-34-18-21-8-4-3-5-9-21)17-25(32)30-15-14-29-13-7-12-24(29)27(30)22-10-6-11-23(28)16-22/h3-13,16,20,27H,14-15,17-19H2,1-2H3. The topological polar surface area (TPSA) is 54.8 Å². The van der Waals surface area contributed by atoms with Crippen LogP contribution in [-0.2, 0) is 27.5 Å². The van der Waals surface area contributed by atoms with E-state index in [1.807, 2.05) is 68.6 Å². The minimum absolute atomic E-state index is 0.0578. The first kappa shape index (κ1) is 23.7. The Bertz CT molecular complexity index is 1130. The van der Waals surface area contributed by atoms with E-state index >= 15 is 0 Å². The molecular weight excluding hydrogens is 433 g/mol. The Morgan fingerprint density at radius 3 is 2.59 bits per heavy atom. The maximum atomic E-state index is 14.0. The van der Waals surface area contributed by atoms with Crippen molar-refractivity contribution >= 4 is 11.8 Å². The predicted molar refractivity (Wildman–Crippen MR) is 127 cm³/mol. The van der Waals surface area contributed by atoms with Gasteiger partial charge in [-0.1, -0.05) is 42.5 Å². The number of benzene rings is 2.